The Morgan fingerprint density at radius 3 is 2.07 bits per heavy atom. The minimum Gasteiger partial charge on any atom is -0.350 e. The highest BCUT2D eigenvalue weighted by atomic mass is 35.5. The molecule has 224 valence electrons. The molecule has 0 heterocycles. The van der Waals surface area contributed by atoms with Crippen molar-refractivity contribution in [2.24, 2.45) is 0 Å². The van der Waals surface area contributed by atoms with Crippen LogP contribution in [0.15, 0.2) is 108 Å². The number of carbonyl (C=O) groups is 2. The van der Waals surface area contributed by atoms with Crippen molar-refractivity contribution in [3.8, 4) is 0 Å². The molecular weight excluding hydrogens is 589 g/mol. The summed E-state index contributed by atoms with van der Waals surface area (Å²) in [6.45, 7) is 2.29. The fourth-order valence-corrected chi connectivity index (χ4v) is 5.78. The maximum Gasteiger partial charge on any atom is 0.247 e. The SMILES string of the molecule is CCNS(=O)(=O)c1ccc(CCC(=O)N(Cc2ccc(F)cc2)[C@H](C(=O)NCc2ccc(Cl)cc2)c2ccccc2)cc1. The first-order chi connectivity index (χ1) is 20.7. The highest BCUT2D eigenvalue weighted by Crippen LogP contribution is 2.26. The second-order valence-electron chi connectivity index (χ2n) is 9.95. The Morgan fingerprint density at radius 2 is 1.44 bits per heavy atom. The lowest BCUT2D eigenvalue weighted by molar-refractivity contribution is -0.141. The molecule has 0 saturated carbocycles. The van der Waals surface area contributed by atoms with Gasteiger partial charge in [0.25, 0.3) is 0 Å². The fraction of sp³-hybridized carbons (Fsp3) is 0.212. The molecule has 0 saturated heterocycles. The number of benzene rings is 4. The molecule has 0 radical (unpaired) electrons. The Balaban J connectivity index is 1.59. The van der Waals surface area contributed by atoms with Gasteiger partial charge >= 0.3 is 0 Å². The minimum absolute atomic E-state index is 0.0638. The van der Waals surface area contributed by atoms with Crippen molar-refractivity contribution in [3.63, 3.8) is 0 Å². The van der Waals surface area contributed by atoms with Crippen LogP contribution in [0.4, 0.5) is 4.39 Å². The standard InChI is InChI=1S/C33H33ClFN3O4S/c1-2-37-43(41,42)30-19-12-24(13-20-30)14-21-31(39)38(23-26-10-17-29(35)18-11-26)32(27-6-4-3-5-7-27)33(40)36-22-25-8-15-28(34)16-9-25/h3-13,15-20,32,37H,2,14,21-23H2,1H3,(H,36,40)/t32-/m0/s1. The fourth-order valence-electron chi connectivity index (χ4n) is 4.61. The lowest BCUT2D eigenvalue weighted by atomic mass is 10.0. The predicted molar refractivity (Wildman–Crippen MR) is 165 cm³/mol. The number of halogens is 2. The second kappa shape index (κ2) is 14.9. The molecule has 0 aromatic heterocycles. The second-order valence-corrected chi connectivity index (χ2v) is 12.2. The smallest absolute Gasteiger partial charge is 0.247 e. The Morgan fingerprint density at radius 1 is 0.837 bits per heavy atom. The maximum atomic E-state index is 13.9. The van der Waals surface area contributed by atoms with Gasteiger partial charge in [-0.3, -0.25) is 9.59 Å². The van der Waals surface area contributed by atoms with Crippen LogP contribution in [0, 0.1) is 5.82 Å². The highest BCUT2D eigenvalue weighted by molar-refractivity contribution is 7.89. The van der Waals surface area contributed by atoms with Crippen molar-refractivity contribution in [2.75, 3.05) is 6.54 Å². The van der Waals surface area contributed by atoms with Crippen LogP contribution >= 0.6 is 11.6 Å². The Labute approximate surface area is 256 Å². The molecule has 4 aromatic carbocycles. The number of nitrogens with one attached hydrogen (secondary N) is 2. The third-order valence-corrected chi connectivity index (χ3v) is 8.65. The number of rotatable bonds is 13. The van der Waals surface area contributed by atoms with Gasteiger partial charge in [-0.15, -0.1) is 0 Å². The van der Waals surface area contributed by atoms with E-state index in [1.54, 1.807) is 67.6 Å². The summed E-state index contributed by atoms with van der Waals surface area (Å²) in [6.07, 6.45) is 0.391. The first-order valence-corrected chi connectivity index (χ1v) is 15.7. The zero-order valence-electron chi connectivity index (χ0n) is 23.7. The van der Waals surface area contributed by atoms with E-state index < -0.39 is 21.9 Å². The maximum absolute atomic E-state index is 13.9. The van der Waals surface area contributed by atoms with Gasteiger partial charge in [0, 0.05) is 31.1 Å². The molecule has 2 amide bonds. The summed E-state index contributed by atoms with van der Waals surface area (Å²) >= 11 is 6.00. The molecule has 2 N–H and O–H groups in total. The zero-order chi connectivity index (χ0) is 30.8. The van der Waals surface area contributed by atoms with E-state index in [0.29, 0.717) is 22.6 Å². The average molecular weight is 622 g/mol. The summed E-state index contributed by atoms with van der Waals surface area (Å²) in [5, 5.41) is 3.54. The van der Waals surface area contributed by atoms with E-state index in [-0.39, 0.29) is 42.8 Å². The zero-order valence-corrected chi connectivity index (χ0v) is 25.2. The number of hydrogen-bond donors (Lipinski definition) is 2. The third-order valence-electron chi connectivity index (χ3n) is 6.84. The van der Waals surface area contributed by atoms with Crippen LogP contribution in [-0.4, -0.2) is 31.7 Å². The number of hydrogen-bond acceptors (Lipinski definition) is 4. The Bertz CT molecular complexity index is 1620. The van der Waals surface area contributed by atoms with E-state index in [1.165, 1.54) is 29.2 Å². The van der Waals surface area contributed by atoms with Gasteiger partial charge in [0.1, 0.15) is 11.9 Å². The van der Waals surface area contributed by atoms with Gasteiger partial charge < -0.3 is 10.2 Å². The minimum atomic E-state index is -3.59. The highest BCUT2D eigenvalue weighted by Gasteiger charge is 2.31. The van der Waals surface area contributed by atoms with Crippen molar-refractivity contribution in [1.29, 1.82) is 0 Å². The van der Waals surface area contributed by atoms with Crippen LogP contribution in [0.3, 0.4) is 0 Å². The van der Waals surface area contributed by atoms with E-state index in [1.807, 2.05) is 18.2 Å². The number of carbonyl (C=O) groups excluding carboxylic acids is 2. The quantitative estimate of drug-likeness (QED) is 0.197. The molecular formula is C33H33ClFN3O4S. The molecule has 0 bridgehead atoms. The lowest BCUT2D eigenvalue weighted by Gasteiger charge is -2.32. The van der Waals surface area contributed by atoms with Gasteiger partial charge in [-0.25, -0.2) is 17.5 Å². The molecule has 4 rings (SSSR count). The largest absolute Gasteiger partial charge is 0.350 e. The summed E-state index contributed by atoms with van der Waals surface area (Å²) < 4.78 is 40.7. The predicted octanol–water partition coefficient (Wildman–Crippen LogP) is 5.80. The van der Waals surface area contributed by atoms with Gasteiger partial charge in [-0.1, -0.05) is 85.3 Å². The lowest BCUT2D eigenvalue weighted by Crippen LogP contribution is -2.43. The van der Waals surface area contributed by atoms with Gasteiger partial charge in [-0.05, 0) is 65.1 Å². The summed E-state index contributed by atoms with van der Waals surface area (Å²) in [5.41, 5.74) is 2.92. The number of amides is 2. The molecule has 0 aliphatic rings. The molecule has 0 aliphatic carbocycles. The molecule has 4 aromatic rings. The van der Waals surface area contributed by atoms with Crippen molar-refractivity contribution < 1.29 is 22.4 Å². The van der Waals surface area contributed by atoms with Crippen LogP contribution in [0.1, 0.15) is 41.6 Å². The summed E-state index contributed by atoms with van der Waals surface area (Å²) in [6, 6.07) is 27.4. The van der Waals surface area contributed by atoms with Gasteiger partial charge in [0.2, 0.25) is 21.8 Å². The molecule has 0 unspecified atom stereocenters. The average Bonchev–Trinajstić information content (AvgIpc) is 3.01. The van der Waals surface area contributed by atoms with E-state index in [2.05, 4.69) is 10.0 Å². The monoisotopic (exact) mass is 621 g/mol. The third kappa shape index (κ3) is 8.97. The summed E-state index contributed by atoms with van der Waals surface area (Å²) in [7, 11) is -3.59. The number of nitrogens with zero attached hydrogens (tertiary/aromatic N) is 1. The summed E-state index contributed by atoms with van der Waals surface area (Å²) in [4.78, 5) is 29.3. The molecule has 7 nitrogen and oxygen atoms in total. The Kier molecular flexibility index (Phi) is 11.1. The van der Waals surface area contributed by atoms with Crippen LogP contribution in [0.2, 0.25) is 5.02 Å². The first-order valence-electron chi connectivity index (χ1n) is 13.9. The van der Waals surface area contributed by atoms with Crippen LogP contribution < -0.4 is 10.0 Å². The topological polar surface area (TPSA) is 95.6 Å². The summed E-state index contributed by atoms with van der Waals surface area (Å²) in [5.74, 6) is -1.06. The molecule has 10 heteroatoms. The molecule has 0 aliphatic heterocycles. The van der Waals surface area contributed by atoms with E-state index in [4.69, 9.17) is 11.6 Å². The van der Waals surface area contributed by atoms with Crippen LogP contribution in [0.5, 0.6) is 0 Å². The van der Waals surface area contributed by atoms with Crippen molar-refractivity contribution in [3.05, 3.63) is 136 Å². The number of sulfonamides is 1. The van der Waals surface area contributed by atoms with E-state index in [0.717, 1.165) is 11.1 Å². The van der Waals surface area contributed by atoms with Crippen molar-refractivity contribution in [2.45, 2.75) is 43.8 Å². The first kappa shape index (κ1) is 31.9. The van der Waals surface area contributed by atoms with Gasteiger partial charge in [0.15, 0.2) is 0 Å². The normalized spacial score (nSPS) is 12.0. The van der Waals surface area contributed by atoms with Gasteiger partial charge in [0.05, 0.1) is 4.90 Å². The molecule has 0 spiro atoms. The molecule has 1 atom stereocenters. The van der Waals surface area contributed by atoms with E-state index >= 15 is 0 Å². The van der Waals surface area contributed by atoms with Crippen molar-refractivity contribution in [1.82, 2.24) is 14.9 Å². The van der Waals surface area contributed by atoms with Gasteiger partial charge in [-0.2, -0.15) is 0 Å². The van der Waals surface area contributed by atoms with Crippen LogP contribution in [0.25, 0.3) is 0 Å². The van der Waals surface area contributed by atoms with Crippen LogP contribution in [-0.2, 0) is 39.1 Å². The number of aryl methyl sites for hydroxylation is 1. The molecule has 0 fully saturated rings. The van der Waals surface area contributed by atoms with E-state index in [9.17, 15) is 22.4 Å². The van der Waals surface area contributed by atoms with Crippen molar-refractivity contribution >= 4 is 33.4 Å². The molecule has 43 heavy (non-hydrogen) atoms. The Hall–Kier alpha value is -4.05.